The van der Waals surface area contributed by atoms with Gasteiger partial charge in [0.1, 0.15) is 5.15 Å². The van der Waals surface area contributed by atoms with Crippen molar-refractivity contribution >= 4 is 23.6 Å². The molecule has 0 saturated carbocycles. The summed E-state index contributed by atoms with van der Waals surface area (Å²) in [4.78, 5) is 14.6. The van der Waals surface area contributed by atoms with Crippen LogP contribution in [0.1, 0.15) is 57.2 Å². The summed E-state index contributed by atoms with van der Waals surface area (Å²) in [5, 5.41) is 8.02. The molecule has 0 unspecified atom stereocenters. The van der Waals surface area contributed by atoms with Gasteiger partial charge in [-0.25, -0.2) is 0 Å². The van der Waals surface area contributed by atoms with Gasteiger partial charge in [-0.2, -0.15) is 5.10 Å². The van der Waals surface area contributed by atoms with Crippen LogP contribution in [0.25, 0.3) is 6.08 Å². The second-order valence-corrected chi connectivity index (χ2v) is 7.96. The SMILES string of the molecule is Cc1nn(CC(C)C)c(Cl)c1C=CC(=O)NCCCN1CCCCCC1. The van der Waals surface area contributed by atoms with E-state index >= 15 is 0 Å². The lowest BCUT2D eigenvalue weighted by molar-refractivity contribution is -0.116. The molecule has 6 heteroatoms. The predicted octanol–water partition coefficient (Wildman–Crippen LogP) is 3.90. The molecule has 1 N–H and O–H groups in total. The molecule has 1 aromatic heterocycles. The number of halogens is 1. The Morgan fingerprint density at radius 3 is 2.62 bits per heavy atom. The van der Waals surface area contributed by atoms with Crippen molar-refractivity contribution in [3.63, 3.8) is 0 Å². The summed E-state index contributed by atoms with van der Waals surface area (Å²) in [6.45, 7) is 11.1. The molecule has 5 nitrogen and oxygen atoms in total. The average Bonchev–Trinajstić information content (AvgIpc) is 2.78. The van der Waals surface area contributed by atoms with Crippen molar-refractivity contribution in [3.05, 3.63) is 22.5 Å². The Hall–Kier alpha value is -1.33. The number of hydrogen-bond acceptors (Lipinski definition) is 3. The molecule has 1 aliphatic heterocycles. The Balaban J connectivity index is 1.76. The van der Waals surface area contributed by atoms with Crippen LogP contribution in [0.15, 0.2) is 6.08 Å². The van der Waals surface area contributed by atoms with E-state index in [0.717, 1.165) is 30.8 Å². The Labute approximate surface area is 162 Å². The Morgan fingerprint density at radius 2 is 1.96 bits per heavy atom. The second kappa shape index (κ2) is 10.7. The van der Waals surface area contributed by atoms with Crippen LogP contribution in [0.2, 0.25) is 5.15 Å². The third kappa shape index (κ3) is 6.76. The Morgan fingerprint density at radius 1 is 1.27 bits per heavy atom. The molecular formula is C20H33ClN4O. The maximum Gasteiger partial charge on any atom is 0.244 e. The average molecular weight is 381 g/mol. The number of nitrogens with zero attached hydrogens (tertiary/aromatic N) is 3. The topological polar surface area (TPSA) is 50.2 Å². The van der Waals surface area contributed by atoms with Gasteiger partial charge in [-0.1, -0.05) is 38.3 Å². The summed E-state index contributed by atoms with van der Waals surface area (Å²) < 4.78 is 1.81. The monoisotopic (exact) mass is 380 g/mol. The maximum absolute atomic E-state index is 12.0. The lowest BCUT2D eigenvalue weighted by Crippen LogP contribution is -2.30. The number of aryl methyl sites for hydroxylation is 1. The van der Waals surface area contributed by atoms with Gasteiger partial charge in [0, 0.05) is 24.7 Å². The molecule has 0 radical (unpaired) electrons. The second-order valence-electron chi connectivity index (χ2n) is 7.60. The van der Waals surface area contributed by atoms with Crippen LogP contribution in [0.3, 0.4) is 0 Å². The van der Waals surface area contributed by atoms with Crippen molar-refractivity contribution in [1.82, 2.24) is 20.0 Å². The maximum atomic E-state index is 12.0. The van der Waals surface area contributed by atoms with E-state index in [1.165, 1.54) is 38.8 Å². The highest BCUT2D eigenvalue weighted by molar-refractivity contribution is 6.31. The van der Waals surface area contributed by atoms with Gasteiger partial charge < -0.3 is 10.2 Å². The van der Waals surface area contributed by atoms with Gasteiger partial charge in [-0.05, 0) is 57.8 Å². The first-order valence-corrected chi connectivity index (χ1v) is 10.3. The van der Waals surface area contributed by atoms with Crippen molar-refractivity contribution in [3.8, 4) is 0 Å². The third-order valence-electron chi connectivity index (χ3n) is 4.70. The number of hydrogen-bond donors (Lipinski definition) is 1. The van der Waals surface area contributed by atoms with Crippen molar-refractivity contribution in [2.45, 2.75) is 59.4 Å². The minimum atomic E-state index is -0.0760. The van der Waals surface area contributed by atoms with E-state index in [9.17, 15) is 4.79 Å². The third-order valence-corrected chi connectivity index (χ3v) is 5.10. The lowest BCUT2D eigenvalue weighted by atomic mass is 10.2. The molecule has 1 fully saturated rings. The molecule has 2 heterocycles. The quantitative estimate of drug-likeness (QED) is 0.549. The highest BCUT2D eigenvalue weighted by Gasteiger charge is 2.12. The van der Waals surface area contributed by atoms with Gasteiger partial charge in [0.15, 0.2) is 0 Å². The fraction of sp³-hybridized carbons (Fsp3) is 0.700. The molecule has 0 spiro atoms. The molecule has 0 atom stereocenters. The fourth-order valence-corrected chi connectivity index (χ4v) is 3.62. The summed E-state index contributed by atoms with van der Waals surface area (Å²) in [7, 11) is 0. The first-order chi connectivity index (χ1) is 12.5. The Kier molecular flexibility index (Phi) is 8.66. The molecule has 0 aromatic carbocycles. The van der Waals surface area contributed by atoms with E-state index in [2.05, 4.69) is 29.2 Å². The van der Waals surface area contributed by atoms with Gasteiger partial charge in [0.05, 0.1) is 5.69 Å². The van der Waals surface area contributed by atoms with E-state index in [1.807, 2.05) is 6.92 Å². The van der Waals surface area contributed by atoms with Crippen LogP contribution in [0.5, 0.6) is 0 Å². The van der Waals surface area contributed by atoms with Gasteiger partial charge >= 0.3 is 0 Å². The zero-order valence-electron chi connectivity index (χ0n) is 16.4. The molecule has 2 rings (SSSR count). The fourth-order valence-electron chi connectivity index (χ4n) is 3.32. The van der Waals surface area contributed by atoms with Gasteiger partial charge in [0.25, 0.3) is 0 Å². The van der Waals surface area contributed by atoms with Gasteiger partial charge in [0.2, 0.25) is 5.91 Å². The number of aromatic nitrogens is 2. The first kappa shape index (κ1) is 21.0. The predicted molar refractivity (Wildman–Crippen MR) is 108 cm³/mol. The van der Waals surface area contributed by atoms with E-state index in [-0.39, 0.29) is 5.91 Å². The van der Waals surface area contributed by atoms with E-state index in [0.29, 0.717) is 17.6 Å². The smallest absolute Gasteiger partial charge is 0.244 e. The molecule has 26 heavy (non-hydrogen) atoms. The summed E-state index contributed by atoms with van der Waals surface area (Å²) in [6.07, 6.45) is 9.64. The highest BCUT2D eigenvalue weighted by atomic mass is 35.5. The largest absolute Gasteiger partial charge is 0.353 e. The minimum Gasteiger partial charge on any atom is -0.353 e. The van der Waals surface area contributed by atoms with Crippen molar-refractivity contribution in [2.24, 2.45) is 5.92 Å². The zero-order chi connectivity index (χ0) is 18.9. The lowest BCUT2D eigenvalue weighted by Gasteiger charge is -2.19. The summed E-state index contributed by atoms with van der Waals surface area (Å²) >= 11 is 6.40. The molecular weight excluding hydrogens is 348 g/mol. The van der Waals surface area contributed by atoms with Crippen LogP contribution in [-0.2, 0) is 11.3 Å². The molecule has 1 saturated heterocycles. The van der Waals surface area contributed by atoms with Crippen LogP contribution < -0.4 is 5.32 Å². The molecule has 0 bridgehead atoms. The number of carbonyl (C=O) groups excluding carboxylic acids is 1. The summed E-state index contributed by atoms with van der Waals surface area (Å²) in [6, 6.07) is 0. The van der Waals surface area contributed by atoms with Crippen molar-refractivity contribution in [1.29, 1.82) is 0 Å². The van der Waals surface area contributed by atoms with Crippen molar-refractivity contribution in [2.75, 3.05) is 26.2 Å². The normalized spacial score (nSPS) is 16.3. The Bertz CT molecular complexity index is 601. The molecule has 1 aliphatic rings. The molecule has 1 aromatic rings. The zero-order valence-corrected chi connectivity index (χ0v) is 17.2. The van der Waals surface area contributed by atoms with Gasteiger partial charge in [-0.3, -0.25) is 9.48 Å². The molecule has 0 aliphatic carbocycles. The summed E-state index contributed by atoms with van der Waals surface area (Å²) in [5.41, 5.74) is 1.67. The number of carbonyl (C=O) groups is 1. The standard InChI is InChI=1S/C20H33ClN4O/c1-16(2)15-25-20(21)18(17(3)23-25)9-10-19(26)22-11-8-14-24-12-6-4-5-7-13-24/h9-10,16H,4-8,11-15H2,1-3H3,(H,22,26). The minimum absolute atomic E-state index is 0.0760. The number of likely N-dealkylation sites (tertiary alicyclic amines) is 1. The van der Waals surface area contributed by atoms with E-state index < -0.39 is 0 Å². The summed E-state index contributed by atoms with van der Waals surface area (Å²) in [5.74, 6) is 0.393. The number of nitrogens with one attached hydrogen (secondary N) is 1. The van der Waals surface area contributed by atoms with Crippen LogP contribution >= 0.6 is 11.6 Å². The molecule has 146 valence electrons. The highest BCUT2D eigenvalue weighted by Crippen LogP contribution is 2.22. The van der Waals surface area contributed by atoms with Crippen LogP contribution in [-0.4, -0.2) is 46.8 Å². The first-order valence-electron chi connectivity index (χ1n) is 9.88. The number of rotatable bonds is 8. The molecule has 1 amide bonds. The van der Waals surface area contributed by atoms with E-state index in [1.54, 1.807) is 16.8 Å². The van der Waals surface area contributed by atoms with E-state index in [4.69, 9.17) is 11.6 Å². The van der Waals surface area contributed by atoms with Crippen LogP contribution in [0, 0.1) is 12.8 Å². The number of amides is 1. The van der Waals surface area contributed by atoms with Crippen LogP contribution in [0.4, 0.5) is 0 Å². The van der Waals surface area contributed by atoms with Crippen molar-refractivity contribution < 1.29 is 4.79 Å². The van der Waals surface area contributed by atoms with Gasteiger partial charge in [-0.15, -0.1) is 0 Å².